The second-order valence-electron chi connectivity index (χ2n) is 12.2. The monoisotopic (exact) mass is 578 g/mol. The van der Waals surface area contributed by atoms with Gasteiger partial charge in [-0.15, -0.1) is 0 Å². The first-order valence-corrected chi connectivity index (χ1v) is 15.3. The highest BCUT2D eigenvalue weighted by molar-refractivity contribution is 5.68. The summed E-state index contributed by atoms with van der Waals surface area (Å²) in [5.41, 5.74) is 17.3. The minimum Gasteiger partial charge on any atom is -0.208 e. The first-order chi connectivity index (χ1) is 21.1. The smallest absolute Gasteiger partial charge is 0.208 e. The van der Waals surface area contributed by atoms with Crippen LogP contribution < -0.4 is 18.3 Å². The molecule has 0 amide bonds. The third-order valence-corrected chi connectivity index (χ3v) is 8.70. The molecule has 0 aliphatic heterocycles. The summed E-state index contributed by atoms with van der Waals surface area (Å²) in [5.74, 6) is 0. The van der Waals surface area contributed by atoms with Crippen LogP contribution in [0.4, 0.5) is 0 Å². The van der Waals surface area contributed by atoms with E-state index in [1.54, 1.807) is 0 Å². The van der Waals surface area contributed by atoms with Gasteiger partial charge in [-0.05, 0) is 71.5 Å². The molecule has 0 aliphatic carbocycles. The molecule has 6 rings (SSSR count). The largest absolute Gasteiger partial charge is 0.214 e. The molecular weight excluding hydrogens is 536 g/mol. The molecule has 0 saturated heterocycles. The highest BCUT2D eigenvalue weighted by Gasteiger charge is 2.22. The van der Waals surface area contributed by atoms with Gasteiger partial charge >= 0.3 is 0 Å². The van der Waals surface area contributed by atoms with Crippen LogP contribution in [0.1, 0.15) is 33.9 Å². The van der Waals surface area contributed by atoms with E-state index in [2.05, 4.69) is 170 Å². The van der Waals surface area contributed by atoms with Crippen molar-refractivity contribution in [2.45, 2.75) is 41.5 Å². The van der Waals surface area contributed by atoms with Gasteiger partial charge in [0.2, 0.25) is 11.4 Å². The van der Waals surface area contributed by atoms with Crippen LogP contribution in [0.5, 0.6) is 0 Å². The lowest BCUT2D eigenvalue weighted by atomic mass is 9.98. The van der Waals surface area contributed by atoms with Gasteiger partial charge in [-0.1, -0.05) is 0 Å². The van der Waals surface area contributed by atoms with Crippen LogP contribution in [0.25, 0.3) is 44.8 Å². The fourth-order valence-electron chi connectivity index (χ4n) is 6.45. The lowest BCUT2D eigenvalue weighted by Gasteiger charge is -2.12. The Morgan fingerprint density at radius 2 is 0.659 bits per heavy atom. The Labute approximate surface area is 261 Å². The lowest BCUT2D eigenvalue weighted by molar-refractivity contribution is -0.671. The molecule has 44 heavy (non-hydrogen) atoms. The number of benzene rings is 2. The fraction of sp³-hybridized carbons (Fsp3) is 0.200. The Balaban J connectivity index is 1.30. The van der Waals surface area contributed by atoms with Gasteiger partial charge in [0.15, 0.2) is 47.6 Å². The van der Waals surface area contributed by atoms with E-state index < -0.39 is 0 Å². The van der Waals surface area contributed by atoms with E-state index >= 15 is 0 Å². The molecule has 0 radical (unpaired) electrons. The van der Waals surface area contributed by atoms with E-state index in [1.807, 2.05) is 14.1 Å². The van der Waals surface area contributed by atoms with Crippen LogP contribution in [0.15, 0.2) is 110 Å². The SMILES string of the molecule is Cc1cc(-c2ccc(-[n+]3c(C)cc(-c4cc[n+](C)cc4)cc3C)c(C)c2)ccc1-[n+]1c(C)cc(-c2cc[n+](C)cc2)cc1C. The summed E-state index contributed by atoms with van der Waals surface area (Å²) in [4.78, 5) is 0. The van der Waals surface area contributed by atoms with Gasteiger partial charge in [0.05, 0.1) is 0 Å². The molecule has 218 valence electrons. The van der Waals surface area contributed by atoms with Crippen molar-refractivity contribution in [2.75, 3.05) is 0 Å². The van der Waals surface area contributed by atoms with Crippen LogP contribution in [0.2, 0.25) is 0 Å². The summed E-state index contributed by atoms with van der Waals surface area (Å²) in [6.07, 6.45) is 8.39. The van der Waals surface area contributed by atoms with Gasteiger partial charge in [-0.25, -0.2) is 9.13 Å². The van der Waals surface area contributed by atoms with E-state index in [-0.39, 0.29) is 0 Å². The summed E-state index contributed by atoms with van der Waals surface area (Å²) in [6, 6.07) is 31.5. The van der Waals surface area contributed by atoms with Crippen molar-refractivity contribution in [1.29, 1.82) is 0 Å². The van der Waals surface area contributed by atoms with Crippen LogP contribution in [0.3, 0.4) is 0 Å². The molecule has 0 aliphatic rings. The van der Waals surface area contributed by atoms with Crippen molar-refractivity contribution >= 4 is 0 Å². The minimum atomic E-state index is 1.22. The maximum Gasteiger partial charge on any atom is 0.214 e. The van der Waals surface area contributed by atoms with E-state index in [0.29, 0.717) is 0 Å². The van der Waals surface area contributed by atoms with Crippen LogP contribution >= 0.6 is 0 Å². The summed E-state index contributed by atoms with van der Waals surface area (Å²) >= 11 is 0. The molecular formula is C40H42N4+4. The number of nitrogens with zero attached hydrogens (tertiary/aromatic N) is 4. The number of hydrogen-bond donors (Lipinski definition) is 0. The quantitative estimate of drug-likeness (QED) is 0.201. The van der Waals surface area contributed by atoms with Gasteiger partial charge in [-0.3, -0.25) is 0 Å². The van der Waals surface area contributed by atoms with Gasteiger partial charge in [0.1, 0.15) is 14.1 Å². The van der Waals surface area contributed by atoms with Crippen molar-refractivity contribution < 1.29 is 18.3 Å². The van der Waals surface area contributed by atoms with Crippen molar-refractivity contribution in [1.82, 2.24) is 0 Å². The molecule has 0 unspecified atom stereocenters. The van der Waals surface area contributed by atoms with Crippen LogP contribution in [-0.4, -0.2) is 0 Å². The number of aromatic nitrogens is 4. The zero-order valence-electron chi connectivity index (χ0n) is 27.2. The second-order valence-corrected chi connectivity index (χ2v) is 12.2. The van der Waals surface area contributed by atoms with Crippen LogP contribution in [-0.2, 0) is 14.1 Å². The molecule has 4 nitrogen and oxygen atoms in total. The van der Waals surface area contributed by atoms with Gasteiger partial charge in [0.25, 0.3) is 0 Å². The minimum absolute atomic E-state index is 1.22. The summed E-state index contributed by atoms with van der Waals surface area (Å²) in [5, 5.41) is 0. The zero-order valence-corrected chi connectivity index (χ0v) is 27.2. The predicted octanol–water partition coefficient (Wildman–Crippen LogP) is 6.74. The van der Waals surface area contributed by atoms with E-state index in [4.69, 9.17) is 0 Å². The highest BCUT2D eigenvalue weighted by Crippen LogP contribution is 2.27. The molecule has 0 fully saturated rings. The second kappa shape index (κ2) is 11.6. The average molecular weight is 579 g/mol. The van der Waals surface area contributed by atoms with Gasteiger partial charge in [0, 0.05) is 99.5 Å². The maximum absolute atomic E-state index is 2.36. The molecule has 0 spiro atoms. The Bertz CT molecular complexity index is 1830. The Morgan fingerprint density at radius 1 is 0.341 bits per heavy atom. The van der Waals surface area contributed by atoms with Crippen molar-refractivity contribution in [3.05, 3.63) is 144 Å². The number of hydrogen-bond acceptors (Lipinski definition) is 0. The third kappa shape index (κ3) is 5.56. The molecule has 6 aromatic rings. The average Bonchev–Trinajstić information content (AvgIpc) is 2.98. The number of aryl methyl sites for hydroxylation is 8. The normalized spacial score (nSPS) is 11.2. The van der Waals surface area contributed by atoms with E-state index in [9.17, 15) is 0 Å². The standard InChI is InChI=1S/C40H42N4/c1-27-21-35(9-11-39(27)43-29(3)23-37(24-30(43)4)33-13-17-41(7)18-14-33)36-10-12-40(28(2)22-36)44-31(5)25-38(26-32(44)6)34-15-19-42(8)20-16-34/h9-26H,1-8H3/q+4. The fourth-order valence-corrected chi connectivity index (χ4v) is 6.45. The number of rotatable bonds is 5. The first-order valence-electron chi connectivity index (χ1n) is 15.3. The molecule has 4 aromatic heterocycles. The third-order valence-electron chi connectivity index (χ3n) is 8.70. The first kappa shape index (κ1) is 29.1. The Morgan fingerprint density at radius 3 is 0.955 bits per heavy atom. The Hall–Kier alpha value is -4.96. The predicted molar refractivity (Wildman–Crippen MR) is 177 cm³/mol. The highest BCUT2D eigenvalue weighted by atomic mass is 15.0. The lowest BCUT2D eigenvalue weighted by Crippen LogP contribution is -2.38. The molecule has 4 heterocycles. The molecule has 0 atom stereocenters. The Kier molecular flexibility index (Phi) is 7.69. The summed E-state index contributed by atoms with van der Waals surface area (Å²) in [6.45, 7) is 13.2. The maximum atomic E-state index is 2.36. The molecule has 2 aromatic carbocycles. The molecule has 0 saturated carbocycles. The topological polar surface area (TPSA) is 15.5 Å². The molecule has 4 heteroatoms. The van der Waals surface area contributed by atoms with Crippen molar-refractivity contribution in [2.24, 2.45) is 14.1 Å². The van der Waals surface area contributed by atoms with Crippen LogP contribution in [0, 0.1) is 41.5 Å². The van der Waals surface area contributed by atoms with Crippen molar-refractivity contribution in [3.63, 3.8) is 0 Å². The molecule has 0 bridgehead atoms. The summed E-state index contributed by atoms with van der Waals surface area (Å²) in [7, 11) is 4.10. The zero-order chi connectivity index (χ0) is 31.1. The van der Waals surface area contributed by atoms with Gasteiger partial charge in [-0.2, -0.15) is 9.13 Å². The molecule has 0 N–H and O–H groups in total. The summed E-state index contributed by atoms with van der Waals surface area (Å²) < 4.78 is 8.86. The van der Waals surface area contributed by atoms with Gasteiger partial charge < -0.3 is 0 Å². The van der Waals surface area contributed by atoms with Crippen molar-refractivity contribution in [3.8, 4) is 44.8 Å². The number of pyridine rings is 4. The van der Waals surface area contributed by atoms with E-state index in [1.165, 1.54) is 78.7 Å². The van der Waals surface area contributed by atoms with E-state index in [0.717, 1.165) is 0 Å².